The summed E-state index contributed by atoms with van der Waals surface area (Å²) in [6.07, 6.45) is 3.82. The fourth-order valence-corrected chi connectivity index (χ4v) is 3.38. The monoisotopic (exact) mass is 366 g/mol. The lowest BCUT2D eigenvalue weighted by Gasteiger charge is -2.27. The molecule has 2 heterocycles. The van der Waals surface area contributed by atoms with E-state index in [1.54, 1.807) is 0 Å². The van der Waals surface area contributed by atoms with Gasteiger partial charge in [-0.2, -0.15) is 0 Å². The van der Waals surface area contributed by atoms with E-state index in [0.717, 1.165) is 62.8 Å². The first-order chi connectivity index (χ1) is 12.7. The highest BCUT2D eigenvalue weighted by molar-refractivity contribution is 5.79. The standard InChI is InChI=1S/C19H34N4O3/c1-4-15(5-2)17-11-16(26-23-17)12-21-18(20-6-3)22-13-19(7-9-24)8-10-25-14-19/h11,15,24H,4-10,12-14H2,1-3H3,(H2,20,21,22). The molecule has 0 aliphatic carbocycles. The van der Waals surface area contributed by atoms with Crippen LogP contribution in [0.25, 0.3) is 0 Å². The Kier molecular flexibility index (Phi) is 8.38. The number of hydrogen-bond acceptors (Lipinski definition) is 5. The average Bonchev–Trinajstić information content (AvgIpc) is 3.29. The molecule has 1 aromatic heterocycles. The van der Waals surface area contributed by atoms with Crippen LogP contribution >= 0.6 is 0 Å². The van der Waals surface area contributed by atoms with Crippen LogP contribution in [0, 0.1) is 5.41 Å². The Hall–Kier alpha value is -1.60. The molecule has 1 saturated heterocycles. The minimum atomic E-state index is -0.0141. The van der Waals surface area contributed by atoms with Crippen molar-refractivity contribution in [3.8, 4) is 0 Å². The summed E-state index contributed by atoms with van der Waals surface area (Å²) in [5.74, 6) is 1.97. The maximum atomic E-state index is 9.35. The van der Waals surface area contributed by atoms with E-state index in [1.807, 2.05) is 13.0 Å². The average molecular weight is 367 g/mol. The lowest BCUT2D eigenvalue weighted by molar-refractivity contribution is 0.127. The quantitative estimate of drug-likeness (QED) is 0.435. The molecule has 1 aliphatic heterocycles. The Balaban J connectivity index is 1.95. The molecular weight excluding hydrogens is 332 g/mol. The minimum Gasteiger partial charge on any atom is -0.396 e. The number of aliphatic imine (C=N–C) groups is 1. The summed E-state index contributed by atoms with van der Waals surface area (Å²) in [7, 11) is 0. The molecule has 7 nitrogen and oxygen atoms in total. The zero-order valence-electron chi connectivity index (χ0n) is 16.4. The second-order valence-corrected chi connectivity index (χ2v) is 7.06. The van der Waals surface area contributed by atoms with Crippen LogP contribution in [0.15, 0.2) is 15.6 Å². The highest BCUT2D eigenvalue weighted by Gasteiger charge is 2.34. The summed E-state index contributed by atoms with van der Waals surface area (Å²) in [4.78, 5) is 4.62. The smallest absolute Gasteiger partial charge is 0.191 e. The number of nitrogens with one attached hydrogen (secondary N) is 2. The zero-order valence-corrected chi connectivity index (χ0v) is 16.4. The first kappa shape index (κ1) is 20.7. The van der Waals surface area contributed by atoms with Crippen LogP contribution in [0.1, 0.15) is 63.8 Å². The molecule has 3 N–H and O–H groups in total. The lowest BCUT2D eigenvalue weighted by Crippen LogP contribution is -2.44. The molecule has 0 spiro atoms. The van der Waals surface area contributed by atoms with Crippen molar-refractivity contribution in [2.75, 3.05) is 32.9 Å². The third-order valence-electron chi connectivity index (χ3n) is 5.18. The van der Waals surface area contributed by atoms with Crippen LogP contribution in [-0.2, 0) is 11.3 Å². The summed E-state index contributed by atoms with van der Waals surface area (Å²) >= 11 is 0. The maximum absolute atomic E-state index is 9.35. The Morgan fingerprint density at radius 1 is 1.35 bits per heavy atom. The summed E-state index contributed by atoms with van der Waals surface area (Å²) < 4.78 is 11.0. The van der Waals surface area contributed by atoms with Crippen LogP contribution < -0.4 is 10.6 Å². The molecule has 1 aliphatic rings. The van der Waals surface area contributed by atoms with Gasteiger partial charge in [0, 0.05) is 43.7 Å². The van der Waals surface area contributed by atoms with Gasteiger partial charge in [0.25, 0.3) is 0 Å². The zero-order chi connectivity index (χ0) is 18.8. The molecule has 0 aromatic carbocycles. The normalized spacial score (nSPS) is 20.7. The van der Waals surface area contributed by atoms with Gasteiger partial charge in [-0.25, -0.2) is 4.99 Å². The second kappa shape index (κ2) is 10.5. The largest absolute Gasteiger partial charge is 0.396 e. The van der Waals surface area contributed by atoms with E-state index in [0.29, 0.717) is 19.1 Å². The van der Waals surface area contributed by atoms with E-state index >= 15 is 0 Å². The number of nitrogens with zero attached hydrogens (tertiary/aromatic N) is 2. The van der Waals surface area contributed by atoms with Crippen molar-refractivity contribution >= 4 is 5.96 Å². The molecule has 0 radical (unpaired) electrons. The van der Waals surface area contributed by atoms with Crippen LogP contribution in [0.2, 0.25) is 0 Å². The molecular formula is C19H34N4O3. The molecule has 2 rings (SSSR count). The molecule has 1 fully saturated rings. The van der Waals surface area contributed by atoms with Crippen LogP contribution in [0.4, 0.5) is 0 Å². The predicted molar refractivity (Wildman–Crippen MR) is 102 cm³/mol. The van der Waals surface area contributed by atoms with Gasteiger partial charge in [-0.15, -0.1) is 0 Å². The summed E-state index contributed by atoms with van der Waals surface area (Å²) in [5, 5.41) is 20.2. The molecule has 0 saturated carbocycles. The Morgan fingerprint density at radius 3 is 2.77 bits per heavy atom. The molecule has 26 heavy (non-hydrogen) atoms. The van der Waals surface area contributed by atoms with Crippen molar-refractivity contribution < 1.29 is 14.4 Å². The van der Waals surface area contributed by atoms with E-state index in [2.05, 4.69) is 34.6 Å². The van der Waals surface area contributed by atoms with Crippen LogP contribution in [0.5, 0.6) is 0 Å². The Labute approximate surface area is 156 Å². The van der Waals surface area contributed by atoms with Crippen LogP contribution in [0.3, 0.4) is 0 Å². The van der Waals surface area contributed by atoms with Crippen molar-refractivity contribution in [1.29, 1.82) is 0 Å². The van der Waals surface area contributed by atoms with E-state index in [9.17, 15) is 5.11 Å². The molecule has 148 valence electrons. The van der Waals surface area contributed by atoms with E-state index in [1.165, 1.54) is 0 Å². The molecule has 1 atom stereocenters. The van der Waals surface area contributed by atoms with Gasteiger partial charge in [-0.3, -0.25) is 0 Å². The van der Waals surface area contributed by atoms with Gasteiger partial charge in [0.2, 0.25) is 0 Å². The number of guanidine groups is 1. The van der Waals surface area contributed by atoms with Crippen molar-refractivity contribution in [3.63, 3.8) is 0 Å². The minimum absolute atomic E-state index is 0.0141. The summed E-state index contributed by atoms with van der Waals surface area (Å²) in [6, 6.07) is 2.02. The van der Waals surface area contributed by atoms with Gasteiger partial charge < -0.3 is 25.0 Å². The fourth-order valence-electron chi connectivity index (χ4n) is 3.38. The SMILES string of the molecule is CCNC(=NCc1cc(C(CC)CC)no1)NCC1(CCO)CCOC1. The Morgan fingerprint density at radius 2 is 2.15 bits per heavy atom. The molecule has 7 heteroatoms. The first-order valence-corrected chi connectivity index (χ1v) is 9.82. The highest BCUT2D eigenvalue weighted by Crippen LogP contribution is 2.31. The number of hydrogen-bond donors (Lipinski definition) is 3. The van der Waals surface area contributed by atoms with Crippen molar-refractivity contribution in [1.82, 2.24) is 15.8 Å². The molecule has 0 bridgehead atoms. The fraction of sp³-hybridized carbons (Fsp3) is 0.789. The number of aliphatic hydroxyl groups is 1. The third-order valence-corrected chi connectivity index (χ3v) is 5.18. The molecule has 1 unspecified atom stereocenters. The van der Waals surface area contributed by atoms with Crippen molar-refractivity contribution in [2.24, 2.45) is 10.4 Å². The van der Waals surface area contributed by atoms with Gasteiger partial charge >= 0.3 is 0 Å². The van der Waals surface area contributed by atoms with E-state index in [-0.39, 0.29) is 12.0 Å². The van der Waals surface area contributed by atoms with Gasteiger partial charge in [-0.1, -0.05) is 19.0 Å². The van der Waals surface area contributed by atoms with Crippen molar-refractivity contribution in [3.05, 3.63) is 17.5 Å². The van der Waals surface area contributed by atoms with Gasteiger partial charge in [0.05, 0.1) is 12.3 Å². The van der Waals surface area contributed by atoms with Crippen molar-refractivity contribution in [2.45, 2.75) is 58.9 Å². The molecule has 1 aromatic rings. The summed E-state index contributed by atoms with van der Waals surface area (Å²) in [6.45, 7) is 9.96. The van der Waals surface area contributed by atoms with Gasteiger partial charge in [0.15, 0.2) is 11.7 Å². The Bertz CT molecular complexity index is 549. The first-order valence-electron chi connectivity index (χ1n) is 9.82. The summed E-state index contributed by atoms with van der Waals surface area (Å²) in [5.41, 5.74) is 1.00. The van der Waals surface area contributed by atoms with Gasteiger partial charge in [0.1, 0.15) is 6.54 Å². The highest BCUT2D eigenvalue weighted by atomic mass is 16.5. The lowest BCUT2D eigenvalue weighted by atomic mass is 9.84. The van der Waals surface area contributed by atoms with Crippen LogP contribution in [-0.4, -0.2) is 49.1 Å². The topological polar surface area (TPSA) is 91.9 Å². The molecule has 0 amide bonds. The maximum Gasteiger partial charge on any atom is 0.191 e. The van der Waals surface area contributed by atoms with Gasteiger partial charge in [-0.05, 0) is 32.6 Å². The second-order valence-electron chi connectivity index (χ2n) is 7.06. The number of aromatic nitrogens is 1. The third kappa shape index (κ3) is 5.71. The number of rotatable bonds is 10. The number of ether oxygens (including phenoxy) is 1. The van der Waals surface area contributed by atoms with E-state index in [4.69, 9.17) is 9.26 Å². The predicted octanol–water partition coefficient (Wildman–Crippen LogP) is 2.42. The number of aliphatic hydroxyl groups excluding tert-OH is 1. The van der Waals surface area contributed by atoms with E-state index < -0.39 is 0 Å².